The van der Waals surface area contributed by atoms with Crippen LogP contribution in [0.25, 0.3) is 0 Å². The highest BCUT2D eigenvalue weighted by Gasteiger charge is 2.27. The number of carbonyl (C=O) groups excluding carboxylic acids is 1. The van der Waals surface area contributed by atoms with Crippen molar-refractivity contribution < 1.29 is 9.53 Å². The summed E-state index contributed by atoms with van der Waals surface area (Å²) in [4.78, 5) is 13.5. The summed E-state index contributed by atoms with van der Waals surface area (Å²) in [7, 11) is 0. The maximum atomic E-state index is 12.0. The first-order chi connectivity index (χ1) is 8.70. The maximum absolute atomic E-state index is 12.0. The minimum Gasteiger partial charge on any atom is -0.376 e. The van der Waals surface area contributed by atoms with E-state index in [9.17, 15) is 4.79 Å². The predicted octanol–water partition coefficient (Wildman–Crippen LogP) is 1.75. The lowest BCUT2D eigenvalue weighted by molar-refractivity contribution is 0.0341. The fourth-order valence-corrected chi connectivity index (χ4v) is 1.79. The highest BCUT2D eigenvalue weighted by atomic mass is 16.5. The van der Waals surface area contributed by atoms with Gasteiger partial charge in [-0.05, 0) is 19.1 Å². The average Bonchev–Trinajstić information content (AvgIpc) is 2.41. The number of nitrogens with one attached hydrogen (secondary N) is 1. The van der Waals surface area contributed by atoms with Crippen LogP contribution in [0, 0.1) is 18.3 Å². The molecule has 2 amide bonds. The van der Waals surface area contributed by atoms with E-state index < -0.39 is 6.04 Å². The molecule has 18 heavy (non-hydrogen) atoms. The van der Waals surface area contributed by atoms with Crippen LogP contribution in [0.2, 0.25) is 0 Å². The van der Waals surface area contributed by atoms with Crippen molar-refractivity contribution >= 4 is 11.7 Å². The number of hydrogen-bond acceptors (Lipinski definition) is 3. The van der Waals surface area contributed by atoms with Crippen LogP contribution in [-0.4, -0.2) is 36.7 Å². The standard InChI is InChI=1S/C13H15N3O2/c1-10-2-4-11(5-3-10)15-13(17)16-6-7-18-9-12(16)8-14/h2-5,12H,6-7,9H2,1H3,(H,15,17). The number of urea groups is 1. The molecular formula is C13H15N3O2. The summed E-state index contributed by atoms with van der Waals surface area (Å²) in [5.74, 6) is 0. The van der Waals surface area contributed by atoms with E-state index in [-0.39, 0.29) is 12.6 Å². The molecule has 94 valence electrons. The fraction of sp³-hybridized carbons (Fsp3) is 0.385. The van der Waals surface area contributed by atoms with E-state index in [2.05, 4.69) is 11.4 Å². The van der Waals surface area contributed by atoms with Gasteiger partial charge in [0.2, 0.25) is 0 Å². The van der Waals surface area contributed by atoms with E-state index in [0.29, 0.717) is 13.2 Å². The summed E-state index contributed by atoms with van der Waals surface area (Å²) >= 11 is 0. The quantitative estimate of drug-likeness (QED) is 0.819. The number of ether oxygens (including phenoxy) is 1. The maximum Gasteiger partial charge on any atom is 0.323 e. The van der Waals surface area contributed by atoms with Crippen molar-refractivity contribution in [1.29, 1.82) is 5.26 Å². The molecule has 1 heterocycles. The molecular weight excluding hydrogens is 230 g/mol. The molecule has 1 aliphatic heterocycles. The molecule has 1 N–H and O–H groups in total. The molecule has 0 saturated carbocycles. The zero-order valence-corrected chi connectivity index (χ0v) is 10.2. The summed E-state index contributed by atoms with van der Waals surface area (Å²) in [5.41, 5.74) is 1.86. The van der Waals surface area contributed by atoms with E-state index in [4.69, 9.17) is 10.00 Å². The molecule has 0 aliphatic carbocycles. The van der Waals surface area contributed by atoms with Crippen LogP contribution in [0.5, 0.6) is 0 Å². The summed E-state index contributed by atoms with van der Waals surface area (Å²) < 4.78 is 5.18. The zero-order valence-electron chi connectivity index (χ0n) is 10.2. The molecule has 5 nitrogen and oxygen atoms in total. The second kappa shape index (κ2) is 5.52. The van der Waals surface area contributed by atoms with Crippen molar-refractivity contribution in [3.63, 3.8) is 0 Å². The second-order valence-corrected chi connectivity index (χ2v) is 4.21. The minimum absolute atomic E-state index is 0.256. The van der Waals surface area contributed by atoms with Gasteiger partial charge in [-0.1, -0.05) is 17.7 Å². The molecule has 1 fully saturated rings. The first-order valence-electron chi connectivity index (χ1n) is 5.82. The average molecular weight is 245 g/mol. The minimum atomic E-state index is -0.510. The third-order valence-corrected chi connectivity index (χ3v) is 2.84. The number of morpholine rings is 1. The normalized spacial score (nSPS) is 19.1. The van der Waals surface area contributed by atoms with Gasteiger partial charge in [-0.25, -0.2) is 4.79 Å². The fourth-order valence-electron chi connectivity index (χ4n) is 1.79. The van der Waals surface area contributed by atoms with E-state index in [1.165, 1.54) is 4.90 Å². The number of nitriles is 1. The van der Waals surface area contributed by atoms with Gasteiger partial charge in [-0.15, -0.1) is 0 Å². The van der Waals surface area contributed by atoms with E-state index >= 15 is 0 Å². The van der Waals surface area contributed by atoms with Crippen molar-refractivity contribution in [2.45, 2.75) is 13.0 Å². The van der Waals surface area contributed by atoms with Gasteiger partial charge in [0.05, 0.1) is 19.3 Å². The number of benzene rings is 1. The van der Waals surface area contributed by atoms with Crippen LogP contribution in [0.3, 0.4) is 0 Å². The Morgan fingerprint density at radius 2 is 2.22 bits per heavy atom. The summed E-state index contributed by atoms with van der Waals surface area (Å²) in [6.45, 7) is 3.17. The third-order valence-electron chi connectivity index (χ3n) is 2.84. The first kappa shape index (κ1) is 12.4. The molecule has 5 heteroatoms. The molecule has 1 unspecified atom stereocenters. The van der Waals surface area contributed by atoms with Gasteiger partial charge in [0, 0.05) is 12.2 Å². The van der Waals surface area contributed by atoms with Crippen LogP contribution in [0.4, 0.5) is 10.5 Å². The molecule has 1 aromatic rings. The number of rotatable bonds is 1. The van der Waals surface area contributed by atoms with Gasteiger partial charge >= 0.3 is 6.03 Å². The monoisotopic (exact) mass is 245 g/mol. The van der Waals surface area contributed by atoms with Gasteiger partial charge in [-0.3, -0.25) is 0 Å². The van der Waals surface area contributed by atoms with Crippen LogP contribution >= 0.6 is 0 Å². The second-order valence-electron chi connectivity index (χ2n) is 4.21. The number of anilines is 1. The first-order valence-corrected chi connectivity index (χ1v) is 5.82. The van der Waals surface area contributed by atoms with Gasteiger partial charge < -0.3 is 15.0 Å². The Hall–Kier alpha value is -2.06. The molecule has 0 bridgehead atoms. The Balaban J connectivity index is 2.02. The zero-order chi connectivity index (χ0) is 13.0. The Labute approximate surface area is 106 Å². The largest absolute Gasteiger partial charge is 0.376 e. The van der Waals surface area contributed by atoms with Gasteiger partial charge in [0.1, 0.15) is 6.04 Å². The molecule has 2 rings (SSSR count). The van der Waals surface area contributed by atoms with Crippen LogP contribution < -0.4 is 5.32 Å². The Kier molecular flexibility index (Phi) is 3.80. The highest BCUT2D eigenvalue weighted by Crippen LogP contribution is 2.12. The van der Waals surface area contributed by atoms with Crippen molar-refractivity contribution in [1.82, 2.24) is 4.90 Å². The van der Waals surface area contributed by atoms with Crippen molar-refractivity contribution in [2.75, 3.05) is 25.1 Å². The molecule has 0 radical (unpaired) electrons. The molecule has 0 spiro atoms. The number of hydrogen-bond donors (Lipinski definition) is 1. The van der Waals surface area contributed by atoms with Crippen LogP contribution in [0.15, 0.2) is 24.3 Å². The number of aryl methyl sites for hydroxylation is 1. The van der Waals surface area contributed by atoms with E-state index in [1.807, 2.05) is 31.2 Å². The van der Waals surface area contributed by atoms with Crippen LogP contribution in [-0.2, 0) is 4.74 Å². The predicted molar refractivity (Wildman–Crippen MR) is 67.1 cm³/mol. The smallest absolute Gasteiger partial charge is 0.323 e. The van der Waals surface area contributed by atoms with Gasteiger partial charge in [0.25, 0.3) is 0 Å². The molecule has 1 aliphatic rings. The number of amides is 2. The number of carbonyl (C=O) groups is 1. The van der Waals surface area contributed by atoms with E-state index in [0.717, 1.165) is 11.3 Å². The molecule has 1 atom stereocenters. The van der Waals surface area contributed by atoms with Crippen molar-refractivity contribution in [3.8, 4) is 6.07 Å². The number of nitrogens with zero attached hydrogens (tertiary/aromatic N) is 2. The van der Waals surface area contributed by atoms with Crippen molar-refractivity contribution in [2.24, 2.45) is 0 Å². The van der Waals surface area contributed by atoms with Crippen LogP contribution in [0.1, 0.15) is 5.56 Å². The van der Waals surface area contributed by atoms with Crippen molar-refractivity contribution in [3.05, 3.63) is 29.8 Å². The van der Waals surface area contributed by atoms with E-state index in [1.54, 1.807) is 0 Å². The SMILES string of the molecule is Cc1ccc(NC(=O)N2CCOCC2C#N)cc1. The lowest BCUT2D eigenvalue weighted by atomic mass is 10.2. The topological polar surface area (TPSA) is 65.4 Å². The van der Waals surface area contributed by atoms with Gasteiger partial charge in [0.15, 0.2) is 0 Å². The highest BCUT2D eigenvalue weighted by molar-refractivity contribution is 5.89. The molecule has 0 aromatic heterocycles. The summed E-state index contributed by atoms with van der Waals surface area (Å²) in [6.07, 6.45) is 0. The lowest BCUT2D eigenvalue weighted by Crippen LogP contribution is -2.49. The summed E-state index contributed by atoms with van der Waals surface area (Å²) in [5, 5.41) is 11.7. The Morgan fingerprint density at radius 3 is 2.89 bits per heavy atom. The third kappa shape index (κ3) is 2.79. The molecule has 1 saturated heterocycles. The Morgan fingerprint density at radius 1 is 1.50 bits per heavy atom. The lowest BCUT2D eigenvalue weighted by Gasteiger charge is -2.31. The van der Waals surface area contributed by atoms with Gasteiger partial charge in [-0.2, -0.15) is 5.26 Å². The summed E-state index contributed by atoms with van der Waals surface area (Å²) in [6, 6.07) is 8.84. The Bertz CT molecular complexity index is 464. The molecule has 1 aromatic carbocycles.